The summed E-state index contributed by atoms with van der Waals surface area (Å²) in [5.74, 6) is 1.34. The van der Waals surface area contributed by atoms with Gasteiger partial charge in [-0.15, -0.1) is 0 Å². The minimum absolute atomic E-state index is 0.0112. The molecule has 0 bridgehead atoms. The molecule has 152 valence electrons. The van der Waals surface area contributed by atoms with E-state index in [1.807, 2.05) is 30.9 Å². The first-order valence-electron chi connectivity index (χ1n) is 10.0. The Balaban J connectivity index is 1.46. The standard InChI is InChI=1S/C22H25N3O4/c1-3-23-21(26)17-6-4-14(2)24-20(17)15-8-10-25(11-9-15)22(27)16-5-7-18-19(12-16)29-13-28-18/h4-7,12,15H,3,8-11,13H2,1-2H3,(H,23,26). The lowest BCUT2D eigenvalue weighted by atomic mass is 9.89. The molecular weight excluding hydrogens is 370 g/mol. The van der Waals surface area contributed by atoms with Crippen LogP contribution >= 0.6 is 0 Å². The quantitative estimate of drug-likeness (QED) is 0.861. The molecule has 2 aliphatic rings. The summed E-state index contributed by atoms with van der Waals surface area (Å²) in [5.41, 5.74) is 2.97. The number of pyridine rings is 1. The van der Waals surface area contributed by atoms with E-state index >= 15 is 0 Å². The number of rotatable bonds is 4. The minimum atomic E-state index is -0.0890. The van der Waals surface area contributed by atoms with Gasteiger partial charge in [-0.3, -0.25) is 14.6 Å². The van der Waals surface area contributed by atoms with Crippen LogP contribution in [0.2, 0.25) is 0 Å². The van der Waals surface area contributed by atoms with Gasteiger partial charge >= 0.3 is 0 Å². The molecule has 3 heterocycles. The Hall–Kier alpha value is -3.09. The van der Waals surface area contributed by atoms with Gasteiger partial charge in [0.05, 0.1) is 11.3 Å². The van der Waals surface area contributed by atoms with Crippen molar-refractivity contribution in [1.29, 1.82) is 0 Å². The number of ether oxygens (including phenoxy) is 2. The maximum absolute atomic E-state index is 12.9. The molecule has 2 aliphatic heterocycles. The third-order valence-corrected chi connectivity index (χ3v) is 5.43. The molecule has 0 radical (unpaired) electrons. The molecule has 0 unspecified atom stereocenters. The molecular formula is C22H25N3O4. The van der Waals surface area contributed by atoms with Crippen molar-refractivity contribution in [1.82, 2.24) is 15.2 Å². The normalized spacial score (nSPS) is 16.0. The van der Waals surface area contributed by atoms with Crippen LogP contribution in [0.4, 0.5) is 0 Å². The molecule has 1 saturated heterocycles. The Labute approximate surface area is 170 Å². The summed E-state index contributed by atoms with van der Waals surface area (Å²) in [6, 6.07) is 9.01. The van der Waals surface area contributed by atoms with Crippen LogP contribution in [0.25, 0.3) is 0 Å². The van der Waals surface area contributed by atoms with Crippen molar-refractivity contribution in [3.63, 3.8) is 0 Å². The lowest BCUT2D eigenvalue weighted by Crippen LogP contribution is -2.38. The summed E-state index contributed by atoms with van der Waals surface area (Å²) in [7, 11) is 0. The van der Waals surface area contributed by atoms with E-state index < -0.39 is 0 Å². The number of aromatic nitrogens is 1. The summed E-state index contributed by atoms with van der Waals surface area (Å²) in [6.45, 7) is 5.86. The molecule has 4 rings (SSSR count). The van der Waals surface area contributed by atoms with Crippen molar-refractivity contribution in [2.24, 2.45) is 0 Å². The number of fused-ring (bicyclic) bond motifs is 1. The van der Waals surface area contributed by atoms with Gasteiger partial charge in [-0.25, -0.2) is 0 Å². The van der Waals surface area contributed by atoms with Gasteiger partial charge in [0, 0.05) is 36.8 Å². The average Bonchev–Trinajstić information content (AvgIpc) is 3.21. The van der Waals surface area contributed by atoms with E-state index in [0.717, 1.165) is 24.2 Å². The number of likely N-dealkylation sites (tertiary alicyclic amines) is 1. The van der Waals surface area contributed by atoms with Crippen LogP contribution in [-0.4, -0.2) is 48.1 Å². The molecule has 1 N–H and O–H groups in total. The molecule has 1 aromatic carbocycles. The number of aryl methyl sites for hydroxylation is 1. The van der Waals surface area contributed by atoms with E-state index in [9.17, 15) is 9.59 Å². The molecule has 0 saturated carbocycles. The first kappa shape index (κ1) is 19.2. The topological polar surface area (TPSA) is 80.8 Å². The Morgan fingerprint density at radius 1 is 1.14 bits per heavy atom. The van der Waals surface area contributed by atoms with E-state index in [4.69, 9.17) is 9.47 Å². The van der Waals surface area contributed by atoms with Crippen LogP contribution < -0.4 is 14.8 Å². The lowest BCUT2D eigenvalue weighted by molar-refractivity contribution is 0.0710. The van der Waals surface area contributed by atoms with Crippen molar-refractivity contribution in [3.8, 4) is 11.5 Å². The highest BCUT2D eigenvalue weighted by atomic mass is 16.7. The van der Waals surface area contributed by atoms with Crippen LogP contribution in [0.1, 0.15) is 57.8 Å². The van der Waals surface area contributed by atoms with Gasteiger partial charge in [-0.1, -0.05) is 0 Å². The predicted molar refractivity (Wildman–Crippen MR) is 107 cm³/mol. The van der Waals surface area contributed by atoms with Gasteiger partial charge < -0.3 is 19.7 Å². The van der Waals surface area contributed by atoms with Crippen molar-refractivity contribution < 1.29 is 19.1 Å². The summed E-state index contributed by atoms with van der Waals surface area (Å²) in [4.78, 5) is 31.9. The molecule has 2 amide bonds. The predicted octanol–water partition coefficient (Wildman–Crippen LogP) is 2.89. The van der Waals surface area contributed by atoms with Crippen LogP contribution in [0.3, 0.4) is 0 Å². The van der Waals surface area contributed by atoms with E-state index in [1.165, 1.54) is 0 Å². The summed E-state index contributed by atoms with van der Waals surface area (Å²) in [5, 5.41) is 2.86. The molecule has 1 aromatic heterocycles. The number of hydrogen-bond acceptors (Lipinski definition) is 5. The van der Waals surface area contributed by atoms with E-state index in [1.54, 1.807) is 18.2 Å². The number of carbonyl (C=O) groups is 2. The Bertz CT molecular complexity index is 936. The van der Waals surface area contributed by atoms with Gasteiger partial charge in [0.25, 0.3) is 11.8 Å². The maximum Gasteiger partial charge on any atom is 0.253 e. The monoisotopic (exact) mass is 395 g/mol. The smallest absolute Gasteiger partial charge is 0.253 e. The Morgan fingerprint density at radius 2 is 1.90 bits per heavy atom. The van der Waals surface area contributed by atoms with Crippen LogP contribution in [0.15, 0.2) is 30.3 Å². The van der Waals surface area contributed by atoms with E-state index in [0.29, 0.717) is 42.3 Å². The fourth-order valence-corrected chi connectivity index (χ4v) is 3.90. The van der Waals surface area contributed by atoms with E-state index in [2.05, 4.69) is 10.3 Å². The zero-order valence-electron chi connectivity index (χ0n) is 16.7. The second-order valence-electron chi connectivity index (χ2n) is 7.38. The largest absolute Gasteiger partial charge is 0.454 e. The summed E-state index contributed by atoms with van der Waals surface area (Å²) in [6.07, 6.45) is 1.55. The fraction of sp³-hybridized carbons (Fsp3) is 0.409. The average molecular weight is 395 g/mol. The van der Waals surface area contributed by atoms with E-state index in [-0.39, 0.29) is 24.5 Å². The van der Waals surface area contributed by atoms with Gasteiger partial charge in [0.15, 0.2) is 11.5 Å². The van der Waals surface area contributed by atoms with Crippen molar-refractivity contribution in [2.75, 3.05) is 26.4 Å². The number of benzene rings is 1. The molecule has 7 nitrogen and oxygen atoms in total. The third kappa shape index (κ3) is 3.90. The molecule has 2 aromatic rings. The molecule has 29 heavy (non-hydrogen) atoms. The maximum atomic E-state index is 12.9. The number of piperidine rings is 1. The molecule has 0 atom stereocenters. The molecule has 7 heteroatoms. The van der Waals surface area contributed by atoms with Crippen LogP contribution in [-0.2, 0) is 0 Å². The highest BCUT2D eigenvalue weighted by molar-refractivity contribution is 5.96. The van der Waals surface area contributed by atoms with Gasteiger partial charge in [-0.05, 0) is 57.0 Å². The van der Waals surface area contributed by atoms with Crippen molar-refractivity contribution >= 4 is 11.8 Å². The van der Waals surface area contributed by atoms with Crippen molar-refractivity contribution in [2.45, 2.75) is 32.6 Å². The molecule has 1 fully saturated rings. The zero-order chi connectivity index (χ0) is 20.4. The zero-order valence-corrected chi connectivity index (χ0v) is 16.7. The second kappa shape index (κ2) is 8.11. The lowest BCUT2D eigenvalue weighted by Gasteiger charge is -2.32. The van der Waals surface area contributed by atoms with Gasteiger partial charge in [0.2, 0.25) is 6.79 Å². The molecule has 0 aliphatic carbocycles. The number of nitrogens with zero attached hydrogens (tertiary/aromatic N) is 2. The fourth-order valence-electron chi connectivity index (χ4n) is 3.90. The number of nitrogens with one attached hydrogen (secondary N) is 1. The SMILES string of the molecule is CCNC(=O)c1ccc(C)nc1C1CCN(C(=O)c2ccc3c(c2)OCO3)CC1. The Morgan fingerprint density at radius 3 is 2.66 bits per heavy atom. The summed E-state index contributed by atoms with van der Waals surface area (Å²) >= 11 is 0. The summed E-state index contributed by atoms with van der Waals surface area (Å²) < 4.78 is 10.7. The minimum Gasteiger partial charge on any atom is -0.454 e. The number of carbonyl (C=O) groups excluding carboxylic acids is 2. The van der Waals surface area contributed by atoms with Crippen LogP contribution in [0, 0.1) is 6.92 Å². The van der Waals surface area contributed by atoms with Gasteiger partial charge in [-0.2, -0.15) is 0 Å². The number of hydrogen-bond donors (Lipinski definition) is 1. The first-order chi connectivity index (χ1) is 14.1. The number of amides is 2. The molecule has 0 spiro atoms. The highest BCUT2D eigenvalue weighted by Crippen LogP contribution is 2.34. The Kier molecular flexibility index (Phi) is 5.38. The van der Waals surface area contributed by atoms with Crippen LogP contribution in [0.5, 0.6) is 11.5 Å². The van der Waals surface area contributed by atoms with Crippen molar-refractivity contribution in [3.05, 3.63) is 52.8 Å². The second-order valence-corrected chi connectivity index (χ2v) is 7.38. The first-order valence-corrected chi connectivity index (χ1v) is 10.0. The third-order valence-electron chi connectivity index (χ3n) is 5.43. The van der Waals surface area contributed by atoms with Gasteiger partial charge in [0.1, 0.15) is 0 Å². The highest BCUT2D eigenvalue weighted by Gasteiger charge is 2.29.